The first-order chi connectivity index (χ1) is 15.8. The lowest BCUT2D eigenvalue weighted by atomic mass is 9.91. The number of hydrogen-bond acceptors (Lipinski definition) is 4. The highest BCUT2D eigenvalue weighted by molar-refractivity contribution is 5.99. The fourth-order valence-corrected chi connectivity index (χ4v) is 4.37. The number of amides is 1. The average molecular weight is 427 g/mol. The van der Waals surface area contributed by atoms with E-state index in [2.05, 4.69) is 50.6 Å². The SMILES string of the molecule is O=C(NC[C@@H](c1ccccc1)c1c[nH]c2ccccc12)c1cccnc1N1CCOCC1. The summed E-state index contributed by atoms with van der Waals surface area (Å²) in [5.74, 6) is 0.636. The number of hydrogen-bond donors (Lipinski definition) is 2. The van der Waals surface area contributed by atoms with E-state index in [1.54, 1.807) is 6.20 Å². The third-order valence-corrected chi connectivity index (χ3v) is 6.01. The first-order valence-corrected chi connectivity index (χ1v) is 11.0. The number of nitrogens with one attached hydrogen (secondary N) is 2. The summed E-state index contributed by atoms with van der Waals surface area (Å²) >= 11 is 0. The van der Waals surface area contributed by atoms with Crippen LogP contribution in [0, 0.1) is 0 Å². The fourth-order valence-electron chi connectivity index (χ4n) is 4.37. The molecule has 162 valence electrons. The van der Waals surface area contributed by atoms with Crippen LogP contribution in [-0.2, 0) is 4.74 Å². The molecule has 2 aromatic carbocycles. The third kappa shape index (κ3) is 4.09. The number of para-hydroxylation sites is 1. The highest BCUT2D eigenvalue weighted by Crippen LogP contribution is 2.30. The number of ether oxygens (including phenoxy) is 1. The largest absolute Gasteiger partial charge is 0.378 e. The van der Waals surface area contributed by atoms with E-state index in [1.807, 2.05) is 42.5 Å². The monoisotopic (exact) mass is 426 g/mol. The zero-order valence-electron chi connectivity index (χ0n) is 17.8. The Labute approximate surface area is 187 Å². The Morgan fingerprint density at radius 1 is 1.03 bits per heavy atom. The van der Waals surface area contributed by atoms with Gasteiger partial charge in [0.15, 0.2) is 0 Å². The van der Waals surface area contributed by atoms with Crippen molar-refractivity contribution in [3.05, 3.63) is 95.8 Å². The minimum atomic E-state index is -0.111. The maximum absolute atomic E-state index is 13.3. The number of pyridine rings is 1. The van der Waals surface area contributed by atoms with Gasteiger partial charge in [0.1, 0.15) is 5.82 Å². The van der Waals surface area contributed by atoms with Crippen molar-refractivity contribution in [3.8, 4) is 0 Å². The van der Waals surface area contributed by atoms with E-state index < -0.39 is 0 Å². The van der Waals surface area contributed by atoms with Crippen LogP contribution in [0.4, 0.5) is 5.82 Å². The maximum Gasteiger partial charge on any atom is 0.255 e. The van der Waals surface area contributed by atoms with Crippen LogP contribution in [0.5, 0.6) is 0 Å². The van der Waals surface area contributed by atoms with E-state index >= 15 is 0 Å². The van der Waals surface area contributed by atoms with Crippen molar-refractivity contribution < 1.29 is 9.53 Å². The van der Waals surface area contributed by atoms with Crippen molar-refractivity contribution in [2.45, 2.75) is 5.92 Å². The van der Waals surface area contributed by atoms with Crippen molar-refractivity contribution in [1.29, 1.82) is 0 Å². The van der Waals surface area contributed by atoms with Crippen molar-refractivity contribution >= 4 is 22.6 Å². The standard InChI is InChI=1S/C26H26N4O2/c31-26(21-10-6-12-27-25(21)30-13-15-32-16-14-30)29-17-22(19-7-2-1-3-8-19)23-18-28-24-11-5-4-9-20(23)24/h1-12,18,22,28H,13-17H2,(H,29,31)/t22-/m0/s1. The number of benzene rings is 2. The number of rotatable bonds is 6. The molecule has 3 heterocycles. The van der Waals surface area contributed by atoms with Crippen LogP contribution in [0.15, 0.2) is 79.1 Å². The van der Waals surface area contributed by atoms with E-state index in [4.69, 9.17) is 4.74 Å². The summed E-state index contributed by atoms with van der Waals surface area (Å²) < 4.78 is 5.45. The van der Waals surface area contributed by atoms with Crippen LogP contribution < -0.4 is 10.2 Å². The molecule has 6 heteroatoms. The molecule has 32 heavy (non-hydrogen) atoms. The van der Waals surface area contributed by atoms with Crippen LogP contribution in [0.1, 0.15) is 27.4 Å². The first kappa shape index (κ1) is 20.3. The average Bonchev–Trinajstić information content (AvgIpc) is 3.29. The Kier molecular flexibility index (Phi) is 5.85. The van der Waals surface area contributed by atoms with E-state index in [1.165, 1.54) is 10.9 Å². The van der Waals surface area contributed by atoms with Crippen molar-refractivity contribution in [2.75, 3.05) is 37.7 Å². The number of aromatic nitrogens is 2. The van der Waals surface area contributed by atoms with Gasteiger partial charge in [-0.1, -0.05) is 48.5 Å². The highest BCUT2D eigenvalue weighted by atomic mass is 16.5. The third-order valence-electron chi connectivity index (χ3n) is 6.01. The molecule has 1 amide bonds. The van der Waals surface area contributed by atoms with Gasteiger partial charge in [-0.2, -0.15) is 0 Å². The molecule has 0 spiro atoms. The number of carbonyl (C=O) groups is 1. The summed E-state index contributed by atoms with van der Waals surface area (Å²) in [7, 11) is 0. The Balaban J connectivity index is 1.42. The summed E-state index contributed by atoms with van der Waals surface area (Å²) in [6, 6.07) is 22.2. The molecule has 1 fully saturated rings. The van der Waals surface area contributed by atoms with Gasteiger partial charge in [0.25, 0.3) is 5.91 Å². The van der Waals surface area contributed by atoms with Crippen LogP contribution >= 0.6 is 0 Å². The quantitative estimate of drug-likeness (QED) is 0.490. The number of morpholine rings is 1. The molecule has 2 aromatic heterocycles. The second-order valence-corrected chi connectivity index (χ2v) is 7.94. The first-order valence-electron chi connectivity index (χ1n) is 11.0. The molecule has 0 unspecified atom stereocenters. The highest BCUT2D eigenvalue weighted by Gasteiger charge is 2.22. The molecule has 0 radical (unpaired) electrons. The topological polar surface area (TPSA) is 70.2 Å². The molecule has 1 aliphatic rings. The molecule has 1 saturated heterocycles. The molecule has 1 aliphatic heterocycles. The molecular weight excluding hydrogens is 400 g/mol. The van der Waals surface area contributed by atoms with Gasteiger partial charge < -0.3 is 19.9 Å². The van der Waals surface area contributed by atoms with Gasteiger partial charge in [-0.15, -0.1) is 0 Å². The molecule has 0 bridgehead atoms. The van der Waals surface area contributed by atoms with Crippen LogP contribution in [0.3, 0.4) is 0 Å². The predicted octanol–water partition coefficient (Wildman–Crippen LogP) is 3.96. The summed E-state index contributed by atoms with van der Waals surface area (Å²) in [5.41, 5.74) is 4.03. The van der Waals surface area contributed by atoms with Crippen molar-refractivity contribution in [1.82, 2.24) is 15.3 Å². The second kappa shape index (κ2) is 9.24. The summed E-state index contributed by atoms with van der Waals surface area (Å²) in [5, 5.41) is 4.35. The van der Waals surface area contributed by atoms with Gasteiger partial charge in [-0.3, -0.25) is 4.79 Å². The lowest BCUT2D eigenvalue weighted by molar-refractivity contribution is 0.0950. The van der Waals surface area contributed by atoms with E-state index in [-0.39, 0.29) is 11.8 Å². The van der Waals surface area contributed by atoms with Gasteiger partial charge in [-0.05, 0) is 29.3 Å². The second-order valence-electron chi connectivity index (χ2n) is 7.94. The molecule has 4 aromatic rings. The van der Waals surface area contributed by atoms with Crippen LogP contribution in [-0.4, -0.2) is 48.7 Å². The van der Waals surface area contributed by atoms with Crippen LogP contribution in [0.2, 0.25) is 0 Å². The van der Waals surface area contributed by atoms with Gasteiger partial charge >= 0.3 is 0 Å². The molecule has 0 saturated carbocycles. The number of H-pyrrole nitrogens is 1. The molecule has 0 aliphatic carbocycles. The summed E-state index contributed by atoms with van der Waals surface area (Å²) in [6.07, 6.45) is 3.79. The van der Waals surface area contributed by atoms with Crippen molar-refractivity contribution in [2.24, 2.45) is 0 Å². The maximum atomic E-state index is 13.3. The van der Waals surface area contributed by atoms with E-state index in [0.717, 1.165) is 30.0 Å². The van der Waals surface area contributed by atoms with Crippen molar-refractivity contribution in [3.63, 3.8) is 0 Å². The zero-order valence-corrected chi connectivity index (χ0v) is 17.8. The Morgan fingerprint density at radius 2 is 1.81 bits per heavy atom. The Morgan fingerprint density at radius 3 is 2.66 bits per heavy atom. The van der Waals surface area contributed by atoms with Gasteiger partial charge in [-0.25, -0.2) is 4.98 Å². The predicted molar refractivity (Wildman–Crippen MR) is 126 cm³/mol. The van der Waals surface area contributed by atoms with E-state index in [9.17, 15) is 4.79 Å². The summed E-state index contributed by atoms with van der Waals surface area (Å²) in [6.45, 7) is 3.25. The van der Waals surface area contributed by atoms with Crippen LogP contribution in [0.25, 0.3) is 10.9 Å². The minimum Gasteiger partial charge on any atom is -0.378 e. The number of anilines is 1. The minimum absolute atomic E-state index is 0.0276. The lowest BCUT2D eigenvalue weighted by Gasteiger charge is -2.29. The number of fused-ring (bicyclic) bond motifs is 1. The number of carbonyl (C=O) groups excluding carboxylic acids is 1. The smallest absolute Gasteiger partial charge is 0.255 e. The molecule has 1 atom stereocenters. The van der Waals surface area contributed by atoms with Gasteiger partial charge in [0.2, 0.25) is 0 Å². The molecule has 6 nitrogen and oxygen atoms in total. The Hall–Kier alpha value is -3.64. The van der Waals surface area contributed by atoms with E-state index in [0.29, 0.717) is 25.3 Å². The zero-order chi connectivity index (χ0) is 21.8. The lowest BCUT2D eigenvalue weighted by Crippen LogP contribution is -2.39. The molecular formula is C26H26N4O2. The molecule has 2 N–H and O–H groups in total. The molecule has 5 rings (SSSR count). The Bertz CT molecular complexity index is 1200. The van der Waals surface area contributed by atoms with Gasteiger partial charge in [0.05, 0.1) is 18.8 Å². The normalized spacial score (nSPS) is 14.9. The number of nitrogens with zero attached hydrogens (tertiary/aromatic N) is 2. The van der Waals surface area contributed by atoms with Gasteiger partial charge in [0, 0.05) is 48.8 Å². The fraction of sp³-hybridized carbons (Fsp3) is 0.231. The summed E-state index contributed by atoms with van der Waals surface area (Å²) in [4.78, 5) is 23.3. The number of aromatic amines is 1.